The summed E-state index contributed by atoms with van der Waals surface area (Å²) >= 11 is 14.6. The summed E-state index contributed by atoms with van der Waals surface area (Å²) < 4.78 is 5.71. The van der Waals surface area contributed by atoms with Gasteiger partial charge in [0, 0.05) is 15.3 Å². The SMILES string of the molecule is C=C(OC(C)C)c1ccc(CCC[C@@H]2[C@@H](CCc3cc(Cl)cc(CO)c3)[C@H](O)C[C@H]2Cl)s1. The predicted octanol–water partition coefficient (Wildman–Crippen LogP) is 6.85. The van der Waals surface area contributed by atoms with Gasteiger partial charge in [-0.15, -0.1) is 22.9 Å². The number of halogens is 2. The molecule has 3 nitrogen and oxygen atoms in total. The van der Waals surface area contributed by atoms with E-state index in [-0.39, 0.29) is 30.1 Å². The van der Waals surface area contributed by atoms with E-state index in [2.05, 4.69) is 18.7 Å². The Bertz CT molecular complexity index is 895. The molecule has 1 fully saturated rings. The van der Waals surface area contributed by atoms with Gasteiger partial charge < -0.3 is 14.9 Å². The molecule has 1 aliphatic rings. The lowest BCUT2D eigenvalue weighted by atomic mass is 9.85. The Kier molecular flexibility index (Phi) is 9.51. The van der Waals surface area contributed by atoms with Gasteiger partial charge in [-0.25, -0.2) is 0 Å². The third-order valence-electron chi connectivity index (χ3n) is 6.22. The van der Waals surface area contributed by atoms with E-state index in [1.807, 2.05) is 26.0 Å². The first-order valence-corrected chi connectivity index (χ1v) is 13.1. The quantitative estimate of drug-likeness (QED) is 0.264. The van der Waals surface area contributed by atoms with Crippen LogP contribution in [0.1, 0.15) is 60.4 Å². The maximum Gasteiger partial charge on any atom is 0.129 e. The van der Waals surface area contributed by atoms with E-state index >= 15 is 0 Å². The third kappa shape index (κ3) is 6.98. The Labute approximate surface area is 206 Å². The molecule has 0 bridgehead atoms. The summed E-state index contributed by atoms with van der Waals surface area (Å²) in [6, 6.07) is 9.97. The summed E-state index contributed by atoms with van der Waals surface area (Å²) in [5.41, 5.74) is 1.92. The highest BCUT2D eigenvalue weighted by Gasteiger charge is 2.40. The highest BCUT2D eigenvalue weighted by Crippen LogP contribution is 2.42. The minimum absolute atomic E-state index is 0.0143. The average Bonchev–Trinajstić information content (AvgIpc) is 3.30. The molecule has 4 atom stereocenters. The van der Waals surface area contributed by atoms with E-state index in [0.717, 1.165) is 53.9 Å². The standard InChI is InChI=1S/C26H34Cl2O3S/c1-16(2)31-17(3)26-10-8-21(32-26)5-4-6-22-23(25(30)14-24(22)28)9-7-18-11-19(15-29)13-20(27)12-18/h8,10-13,16,22-25,29-30H,3-7,9,14-15H2,1-2H3/t22-,23-,24-,25-/m1/s1. The number of hydrogen-bond acceptors (Lipinski definition) is 4. The van der Waals surface area contributed by atoms with Crippen molar-refractivity contribution >= 4 is 40.3 Å². The second kappa shape index (κ2) is 11.9. The topological polar surface area (TPSA) is 49.7 Å². The summed E-state index contributed by atoms with van der Waals surface area (Å²) in [7, 11) is 0. The number of rotatable bonds is 11. The van der Waals surface area contributed by atoms with Gasteiger partial charge in [-0.2, -0.15) is 0 Å². The van der Waals surface area contributed by atoms with E-state index in [4.69, 9.17) is 27.9 Å². The van der Waals surface area contributed by atoms with Gasteiger partial charge in [0.05, 0.1) is 23.7 Å². The highest BCUT2D eigenvalue weighted by atomic mass is 35.5. The molecule has 0 spiro atoms. The van der Waals surface area contributed by atoms with Crippen LogP contribution in [0.2, 0.25) is 5.02 Å². The molecule has 2 aromatic rings. The van der Waals surface area contributed by atoms with Gasteiger partial charge in [0.15, 0.2) is 0 Å². The summed E-state index contributed by atoms with van der Waals surface area (Å²) in [6.07, 6.45) is 5.16. The smallest absolute Gasteiger partial charge is 0.129 e. The number of thiophene rings is 1. The minimum atomic E-state index is -0.358. The molecular formula is C26H34Cl2O3S. The monoisotopic (exact) mass is 496 g/mol. The molecule has 1 aliphatic carbocycles. The maximum atomic E-state index is 10.6. The first-order valence-electron chi connectivity index (χ1n) is 11.4. The fourth-order valence-electron chi connectivity index (χ4n) is 4.74. The number of aryl methyl sites for hydroxylation is 2. The van der Waals surface area contributed by atoms with Crippen molar-refractivity contribution in [2.45, 2.75) is 76.6 Å². The summed E-state index contributed by atoms with van der Waals surface area (Å²) in [4.78, 5) is 2.41. The number of aliphatic hydroxyl groups is 2. The van der Waals surface area contributed by atoms with Crippen molar-refractivity contribution in [1.82, 2.24) is 0 Å². The van der Waals surface area contributed by atoms with E-state index in [9.17, 15) is 10.2 Å². The molecule has 3 rings (SSSR count). The zero-order valence-corrected chi connectivity index (χ0v) is 21.2. The number of benzene rings is 1. The summed E-state index contributed by atoms with van der Waals surface area (Å²) in [6.45, 7) is 8.03. The van der Waals surface area contributed by atoms with Gasteiger partial charge in [-0.3, -0.25) is 0 Å². The molecule has 6 heteroatoms. The lowest BCUT2D eigenvalue weighted by molar-refractivity contribution is 0.109. The Hall–Kier alpha value is -1.04. The predicted molar refractivity (Wildman–Crippen MR) is 135 cm³/mol. The Morgan fingerprint density at radius 3 is 2.62 bits per heavy atom. The molecule has 1 heterocycles. The van der Waals surface area contributed by atoms with E-state index in [0.29, 0.717) is 17.4 Å². The van der Waals surface area contributed by atoms with Crippen molar-refractivity contribution in [2.24, 2.45) is 11.8 Å². The second-order valence-corrected chi connectivity index (χ2v) is 11.2. The van der Waals surface area contributed by atoms with Crippen molar-refractivity contribution in [3.63, 3.8) is 0 Å². The van der Waals surface area contributed by atoms with Crippen LogP contribution in [0.5, 0.6) is 0 Å². The lowest BCUT2D eigenvalue weighted by Gasteiger charge is -2.23. The number of aliphatic hydroxyl groups excluding tert-OH is 2. The third-order valence-corrected chi connectivity index (χ3v) is 8.12. The van der Waals surface area contributed by atoms with Crippen molar-refractivity contribution < 1.29 is 14.9 Å². The first-order chi connectivity index (χ1) is 15.3. The molecule has 1 aromatic heterocycles. The fraction of sp³-hybridized carbons (Fsp3) is 0.538. The molecule has 0 radical (unpaired) electrons. The molecule has 0 aliphatic heterocycles. The van der Waals surface area contributed by atoms with Crippen LogP contribution in [-0.4, -0.2) is 27.8 Å². The van der Waals surface area contributed by atoms with Gasteiger partial charge in [0.2, 0.25) is 0 Å². The van der Waals surface area contributed by atoms with Gasteiger partial charge in [0.1, 0.15) is 5.76 Å². The van der Waals surface area contributed by atoms with Crippen LogP contribution in [0.3, 0.4) is 0 Å². The maximum absolute atomic E-state index is 10.6. The Morgan fingerprint density at radius 1 is 1.16 bits per heavy atom. The van der Waals surface area contributed by atoms with E-state index < -0.39 is 0 Å². The molecule has 176 valence electrons. The van der Waals surface area contributed by atoms with Crippen LogP contribution >= 0.6 is 34.5 Å². The van der Waals surface area contributed by atoms with Crippen molar-refractivity contribution in [3.05, 3.63) is 62.8 Å². The summed E-state index contributed by atoms with van der Waals surface area (Å²) in [5.74, 6) is 1.23. The van der Waals surface area contributed by atoms with Crippen LogP contribution in [0.25, 0.3) is 5.76 Å². The van der Waals surface area contributed by atoms with Gasteiger partial charge >= 0.3 is 0 Å². The fourth-order valence-corrected chi connectivity index (χ4v) is 6.48. The number of hydrogen-bond donors (Lipinski definition) is 2. The molecular weight excluding hydrogens is 463 g/mol. The largest absolute Gasteiger partial charge is 0.490 e. The zero-order valence-electron chi connectivity index (χ0n) is 18.9. The summed E-state index contributed by atoms with van der Waals surface area (Å²) in [5, 5.41) is 20.7. The molecule has 0 unspecified atom stereocenters. The highest BCUT2D eigenvalue weighted by molar-refractivity contribution is 7.13. The van der Waals surface area contributed by atoms with Crippen LogP contribution in [0.4, 0.5) is 0 Å². The van der Waals surface area contributed by atoms with Crippen LogP contribution < -0.4 is 0 Å². The van der Waals surface area contributed by atoms with Crippen LogP contribution in [0.15, 0.2) is 36.9 Å². The normalized spacial score (nSPS) is 23.1. The number of alkyl halides is 1. The molecule has 0 amide bonds. The first kappa shape index (κ1) is 25.6. The van der Waals surface area contributed by atoms with Crippen LogP contribution in [-0.2, 0) is 24.2 Å². The average molecular weight is 498 g/mol. The Balaban J connectivity index is 1.54. The second-order valence-electron chi connectivity index (χ2n) is 9.06. The molecule has 1 saturated carbocycles. The Morgan fingerprint density at radius 2 is 1.91 bits per heavy atom. The molecule has 0 saturated heterocycles. The van der Waals surface area contributed by atoms with Crippen molar-refractivity contribution in [3.8, 4) is 0 Å². The minimum Gasteiger partial charge on any atom is -0.490 e. The molecule has 2 N–H and O–H groups in total. The van der Waals surface area contributed by atoms with Gasteiger partial charge in [-0.05, 0) is 99.6 Å². The van der Waals surface area contributed by atoms with Gasteiger partial charge in [-0.1, -0.05) is 24.2 Å². The molecule has 1 aromatic carbocycles. The van der Waals surface area contributed by atoms with Crippen molar-refractivity contribution in [2.75, 3.05) is 0 Å². The van der Waals surface area contributed by atoms with E-state index in [1.54, 1.807) is 17.4 Å². The van der Waals surface area contributed by atoms with Crippen LogP contribution in [0, 0.1) is 11.8 Å². The number of ether oxygens (including phenoxy) is 1. The lowest BCUT2D eigenvalue weighted by Crippen LogP contribution is -2.21. The zero-order chi connectivity index (χ0) is 23.3. The van der Waals surface area contributed by atoms with E-state index in [1.165, 1.54) is 4.88 Å². The molecule has 32 heavy (non-hydrogen) atoms. The van der Waals surface area contributed by atoms with Crippen molar-refractivity contribution in [1.29, 1.82) is 0 Å². The van der Waals surface area contributed by atoms with Gasteiger partial charge in [0.25, 0.3) is 0 Å².